The first-order chi connectivity index (χ1) is 28.2. The van der Waals surface area contributed by atoms with E-state index in [2.05, 4.69) is 86.2 Å². The Bertz CT molecular complexity index is 2410. The number of likely N-dealkylation sites (N-methyl/N-ethyl adjacent to an activating group) is 1. The Labute approximate surface area is 338 Å². The van der Waals surface area contributed by atoms with Crippen LogP contribution in [-0.4, -0.2) is 78.4 Å². The van der Waals surface area contributed by atoms with E-state index in [1.54, 1.807) is 11.1 Å². The van der Waals surface area contributed by atoms with Crippen molar-refractivity contribution < 1.29 is 19.5 Å². The minimum absolute atomic E-state index is 0.0789. The lowest BCUT2D eigenvalue weighted by Crippen LogP contribution is -2.50. The highest BCUT2D eigenvalue weighted by Crippen LogP contribution is 2.36. The lowest BCUT2D eigenvalue weighted by Gasteiger charge is -2.29. The fourth-order valence-electron chi connectivity index (χ4n) is 8.56. The van der Waals surface area contributed by atoms with E-state index in [1.165, 1.54) is 0 Å². The molecule has 0 saturated carbocycles. The van der Waals surface area contributed by atoms with Crippen LogP contribution in [0.5, 0.6) is 0 Å². The average molecular weight is 779 g/mol. The van der Waals surface area contributed by atoms with Crippen LogP contribution >= 0.6 is 0 Å². The maximum absolute atomic E-state index is 13.9. The van der Waals surface area contributed by atoms with Gasteiger partial charge in [-0.15, -0.1) is 0 Å². The number of likely N-dealkylation sites (tertiary alicyclic amines) is 2. The number of benzene rings is 4. The molecule has 298 valence electrons. The molecule has 0 spiro atoms. The van der Waals surface area contributed by atoms with Crippen LogP contribution in [0, 0.1) is 5.92 Å². The number of hydrogen-bond acceptors (Lipinski definition) is 6. The highest BCUT2D eigenvalue weighted by Gasteiger charge is 2.38. The number of aromatic nitrogens is 4. The number of aromatic amines is 2. The van der Waals surface area contributed by atoms with Gasteiger partial charge < -0.3 is 35.5 Å². The molecule has 4 aromatic carbocycles. The normalized spacial score (nSPS) is 17.9. The molecule has 2 aliphatic rings. The SMILES string of the molecule is CCNC(C(=O)N1CCCC1c1ncc(-c2ccc(-c3ccc4cc(-c5cnc(C6CCCN6C(=O)C(NC(=O)O)C(C)C)[nH]5)ccc4c3)cc2)[nH]1)c1ccccc1. The van der Waals surface area contributed by atoms with Gasteiger partial charge in [0, 0.05) is 18.7 Å². The summed E-state index contributed by atoms with van der Waals surface area (Å²) in [6, 6.07) is 29.6. The number of carboxylic acid groups (broad SMARTS) is 1. The first kappa shape index (κ1) is 38.6. The summed E-state index contributed by atoms with van der Waals surface area (Å²) in [6.45, 7) is 7.67. The maximum Gasteiger partial charge on any atom is 0.405 e. The van der Waals surface area contributed by atoms with Crippen molar-refractivity contribution in [3.05, 3.63) is 121 Å². The van der Waals surface area contributed by atoms with Gasteiger partial charge in [0.15, 0.2) is 0 Å². The Hall–Kier alpha value is -6.27. The largest absolute Gasteiger partial charge is 0.465 e. The third-order valence-corrected chi connectivity index (χ3v) is 11.6. The van der Waals surface area contributed by atoms with Crippen LogP contribution in [0.3, 0.4) is 0 Å². The highest BCUT2D eigenvalue weighted by atomic mass is 16.4. The van der Waals surface area contributed by atoms with Crippen LogP contribution in [0.1, 0.15) is 81.8 Å². The van der Waals surface area contributed by atoms with E-state index in [4.69, 9.17) is 4.98 Å². The zero-order chi connectivity index (χ0) is 40.3. The number of H-pyrrole nitrogens is 2. The molecule has 0 aliphatic carbocycles. The number of imidazole rings is 2. The van der Waals surface area contributed by atoms with E-state index in [0.717, 1.165) is 81.5 Å². The number of amides is 3. The second kappa shape index (κ2) is 16.7. The standard InChI is InChI=1S/C46H50N8O4/c1-4-47-41(31-10-6-5-7-11-31)45(56)54-23-9-13-39(54)42-48-26-36(50-42)30-16-14-29(15-17-30)32-18-19-34-25-35(21-20-33(34)24-32)37-27-49-43(51-37)38-12-8-22-53(38)44(55)40(28(2)3)52-46(57)58/h5-7,10-11,14-21,24-28,38-41,47,52H,4,8-9,12-13,22-23H2,1-3H3,(H,48,50)(H,49,51)(H,57,58). The lowest BCUT2D eigenvalue weighted by atomic mass is 9.98. The van der Waals surface area contributed by atoms with Gasteiger partial charge in [0.2, 0.25) is 11.8 Å². The fourth-order valence-corrected chi connectivity index (χ4v) is 8.56. The van der Waals surface area contributed by atoms with Gasteiger partial charge in [-0.1, -0.05) is 99.6 Å². The number of nitrogens with zero attached hydrogens (tertiary/aromatic N) is 4. The van der Waals surface area contributed by atoms with Crippen molar-refractivity contribution in [2.75, 3.05) is 19.6 Å². The molecule has 3 amide bonds. The molecule has 4 unspecified atom stereocenters. The molecule has 2 aliphatic heterocycles. The first-order valence-corrected chi connectivity index (χ1v) is 20.3. The molecule has 2 aromatic heterocycles. The number of rotatable bonds is 12. The van der Waals surface area contributed by atoms with E-state index in [-0.39, 0.29) is 35.9 Å². The quantitative estimate of drug-likeness (QED) is 0.0837. The minimum Gasteiger partial charge on any atom is -0.465 e. The van der Waals surface area contributed by atoms with Gasteiger partial charge in [-0.3, -0.25) is 9.59 Å². The molecule has 58 heavy (non-hydrogen) atoms. The van der Waals surface area contributed by atoms with Crippen LogP contribution < -0.4 is 10.6 Å². The molecule has 0 radical (unpaired) electrons. The summed E-state index contributed by atoms with van der Waals surface area (Å²) in [6.07, 6.45) is 5.86. The second-order valence-corrected chi connectivity index (χ2v) is 15.7. The van der Waals surface area contributed by atoms with Crippen molar-refractivity contribution >= 4 is 28.7 Å². The number of carbonyl (C=O) groups excluding carboxylic acids is 2. The summed E-state index contributed by atoms with van der Waals surface area (Å²) in [5.74, 6) is 1.20. The molecular formula is C46H50N8O4. The Morgan fingerprint density at radius 1 is 0.724 bits per heavy atom. The van der Waals surface area contributed by atoms with Gasteiger partial charge >= 0.3 is 6.09 Å². The van der Waals surface area contributed by atoms with Gasteiger partial charge in [0.1, 0.15) is 23.7 Å². The topological polar surface area (TPSA) is 159 Å². The average Bonchev–Trinajstić information content (AvgIpc) is 4.08. The van der Waals surface area contributed by atoms with Gasteiger partial charge in [0.05, 0.1) is 35.9 Å². The van der Waals surface area contributed by atoms with E-state index in [0.29, 0.717) is 25.5 Å². The molecule has 12 nitrogen and oxygen atoms in total. The van der Waals surface area contributed by atoms with Crippen molar-refractivity contribution in [1.82, 2.24) is 40.4 Å². The van der Waals surface area contributed by atoms with Gasteiger partial charge in [0.25, 0.3) is 0 Å². The monoisotopic (exact) mass is 778 g/mol. The predicted molar refractivity (Wildman–Crippen MR) is 225 cm³/mol. The van der Waals surface area contributed by atoms with Gasteiger partial charge in [-0.2, -0.15) is 0 Å². The summed E-state index contributed by atoms with van der Waals surface area (Å²) in [5.41, 5.74) is 6.98. The lowest BCUT2D eigenvalue weighted by molar-refractivity contribution is -0.136. The third kappa shape index (κ3) is 7.84. The van der Waals surface area contributed by atoms with Crippen molar-refractivity contribution in [2.24, 2.45) is 5.92 Å². The molecule has 12 heteroatoms. The second-order valence-electron chi connectivity index (χ2n) is 15.7. The molecule has 0 bridgehead atoms. The highest BCUT2D eigenvalue weighted by molar-refractivity contribution is 5.91. The Morgan fingerprint density at radius 3 is 1.84 bits per heavy atom. The van der Waals surface area contributed by atoms with Crippen LogP contribution in [0.25, 0.3) is 44.4 Å². The van der Waals surface area contributed by atoms with Crippen LogP contribution in [-0.2, 0) is 9.59 Å². The molecule has 5 N–H and O–H groups in total. The maximum atomic E-state index is 13.9. The van der Waals surface area contributed by atoms with E-state index < -0.39 is 12.1 Å². The zero-order valence-electron chi connectivity index (χ0n) is 33.1. The Balaban J connectivity index is 0.945. The molecule has 4 atom stereocenters. The summed E-state index contributed by atoms with van der Waals surface area (Å²) in [4.78, 5) is 58.8. The zero-order valence-corrected chi connectivity index (χ0v) is 33.1. The Kier molecular flexibility index (Phi) is 11.1. The van der Waals surface area contributed by atoms with Gasteiger partial charge in [-0.05, 0) is 83.3 Å². The molecular weight excluding hydrogens is 729 g/mol. The van der Waals surface area contributed by atoms with Crippen molar-refractivity contribution in [1.29, 1.82) is 0 Å². The van der Waals surface area contributed by atoms with Crippen LogP contribution in [0.15, 0.2) is 103 Å². The summed E-state index contributed by atoms with van der Waals surface area (Å²) in [7, 11) is 0. The van der Waals surface area contributed by atoms with Crippen LogP contribution in [0.2, 0.25) is 0 Å². The number of fused-ring (bicyclic) bond motifs is 1. The Morgan fingerprint density at radius 2 is 1.26 bits per heavy atom. The summed E-state index contributed by atoms with van der Waals surface area (Å²) in [5, 5.41) is 17.3. The number of carbonyl (C=O) groups is 3. The third-order valence-electron chi connectivity index (χ3n) is 11.6. The smallest absolute Gasteiger partial charge is 0.405 e. The molecule has 4 heterocycles. The first-order valence-electron chi connectivity index (χ1n) is 20.3. The molecule has 6 aromatic rings. The summed E-state index contributed by atoms with van der Waals surface area (Å²) < 4.78 is 0. The molecule has 2 saturated heterocycles. The fraction of sp³-hybridized carbons (Fsp3) is 0.326. The molecule has 2 fully saturated rings. The van der Waals surface area contributed by atoms with Crippen molar-refractivity contribution in [2.45, 2.75) is 70.6 Å². The van der Waals surface area contributed by atoms with Crippen LogP contribution in [0.4, 0.5) is 4.79 Å². The minimum atomic E-state index is -1.20. The molecule has 8 rings (SSSR count). The predicted octanol–water partition coefficient (Wildman–Crippen LogP) is 8.26. The van der Waals surface area contributed by atoms with E-state index >= 15 is 0 Å². The summed E-state index contributed by atoms with van der Waals surface area (Å²) >= 11 is 0. The van der Waals surface area contributed by atoms with Gasteiger partial charge in [-0.25, -0.2) is 14.8 Å². The van der Waals surface area contributed by atoms with E-state index in [1.807, 2.05) is 62.2 Å². The van der Waals surface area contributed by atoms with Crippen molar-refractivity contribution in [3.8, 4) is 33.6 Å². The number of hydrogen-bond donors (Lipinski definition) is 5. The number of nitrogens with one attached hydrogen (secondary N) is 4. The van der Waals surface area contributed by atoms with Crippen molar-refractivity contribution in [3.63, 3.8) is 0 Å². The van der Waals surface area contributed by atoms with E-state index in [9.17, 15) is 19.5 Å².